The highest BCUT2D eigenvalue weighted by molar-refractivity contribution is 6.17. The lowest BCUT2D eigenvalue weighted by atomic mass is 9.96. The molecule has 2 amide bonds. The van der Waals surface area contributed by atoms with E-state index in [1.807, 2.05) is 48.5 Å². The van der Waals surface area contributed by atoms with Crippen molar-refractivity contribution in [3.63, 3.8) is 0 Å². The highest BCUT2D eigenvalue weighted by atomic mass is 16.5. The van der Waals surface area contributed by atoms with Crippen LogP contribution in [0.1, 0.15) is 21.5 Å². The summed E-state index contributed by atoms with van der Waals surface area (Å²) in [5.41, 5.74) is 1.69. The predicted molar refractivity (Wildman–Crippen MR) is 122 cm³/mol. The topological polar surface area (TPSA) is 59.1 Å². The second-order valence-corrected chi connectivity index (χ2v) is 7.65. The van der Waals surface area contributed by atoms with Gasteiger partial charge in [0.2, 0.25) is 0 Å². The number of hydrogen-bond donors (Lipinski definition) is 0. The minimum atomic E-state index is -1.59. The van der Waals surface area contributed by atoms with Gasteiger partial charge < -0.3 is 14.4 Å². The number of carbonyl (C=O) groups is 2. The van der Waals surface area contributed by atoms with Gasteiger partial charge in [-0.15, -0.1) is 6.58 Å². The molecule has 32 heavy (non-hydrogen) atoms. The zero-order valence-electron chi connectivity index (χ0n) is 17.7. The molecule has 0 fully saturated rings. The van der Waals surface area contributed by atoms with Crippen LogP contribution in [0.2, 0.25) is 0 Å². The fourth-order valence-corrected chi connectivity index (χ4v) is 4.45. The molecule has 6 heteroatoms. The molecule has 0 aromatic heterocycles. The van der Waals surface area contributed by atoms with Crippen molar-refractivity contribution in [2.75, 3.05) is 23.5 Å². The summed E-state index contributed by atoms with van der Waals surface area (Å²) in [6, 6.07) is 21.8. The number of rotatable bonds is 4. The number of hydrogen-bond acceptors (Lipinski definition) is 4. The molecule has 160 valence electrons. The molecule has 1 atom stereocenters. The van der Waals surface area contributed by atoms with E-state index >= 15 is 0 Å². The molecule has 2 heterocycles. The Morgan fingerprint density at radius 2 is 1.75 bits per heavy atom. The first-order valence-corrected chi connectivity index (χ1v) is 10.3. The van der Waals surface area contributed by atoms with Gasteiger partial charge in [0.05, 0.1) is 25.1 Å². The van der Waals surface area contributed by atoms with E-state index in [4.69, 9.17) is 9.47 Å². The highest BCUT2D eigenvalue weighted by Crippen LogP contribution is 2.50. The Kier molecular flexibility index (Phi) is 4.79. The summed E-state index contributed by atoms with van der Waals surface area (Å²) in [7, 11) is 1.57. The minimum Gasteiger partial charge on any atom is -0.497 e. The van der Waals surface area contributed by atoms with Crippen molar-refractivity contribution in [1.82, 2.24) is 0 Å². The number of anilines is 2. The first kappa shape index (κ1) is 20.0. The summed E-state index contributed by atoms with van der Waals surface area (Å²) in [4.78, 5) is 31.0. The van der Waals surface area contributed by atoms with Crippen molar-refractivity contribution in [2.24, 2.45) is 0 Å². The van der Waals surface area contributed by atoms with Gasteiger partial charge >= 0.3 is 0 Å². The van der Waals surface area contributed by atoms with E-state index in [1.54, 1.807) is 42.4 Å². The number of ether oxygens (including phenoxy) is 2. The van der Waals surface area contributed by atoms with Crippen molar-refractivity contribution in [3.05, 3.63) is 102 Å². The van der Waals surface area contributed by atoms with Crippen molar-refractivity contribution in [1.29, 1.82) is 0 Å². The Bertz CT molecular complexity index is 1220. The third kappa shape index (κ3) is 2.77. The summed E-state index contributed by atoms with van der Waals surface area (Å²) in [5, 5.41) is 0. The number of nitrogens with zero attached hydrogens (tertiary/aromatic N) is 2. The number of para-hydroxylation sites is 2. The van der Waals surface area contributed by atoms with Crippen LogP contribution in [0.4, 0.5) is 11.4 Å². The number of methoxy groups -OCH3 is 1. The Morgan fingerprint density at radius 3 is 2.47 bits per heavy atom. The van der Waals surface area contributed by atoms with Crippen molar-refractivity contribution in [3.8, 4) is 5.75 Å². The van der Waals surface area contributed by atoms with Crippen LogP contribution in [0.5, 0.6) is 5.75 Å². The van der Waals surface area contributed by atoms with E-state index in [-0.39, 0.29) is 18.4 Å². The van der Waals surface area contributed by atoms with Gasteiger partial charge in [0.25, 0.3) is 17.5 Å². The summed E-state index contributed by atoms with van der Waals surface area (Å²) in [6.07, 6.45) is 1.67. The first-order valence-electron chi connectivity index (χ1n) is 10.3. The maximum atomic E-state index is 14.0. The van der Waals surface area contributed by atoms with Gasteiger partial charge in [-0.2, -0.15) is 0 Å². The zero-order valence-corrected chi connectivity index (χ0v) is 17.7. The van der Waals surface area contributed by atoms with E-state index in [0.29, 0.717) is 34.8 Å². The van der Waals surface area contributed by atoms with Crippen LogP contribution in [0.3, 0.4) is 0 Å². The smallest absolute Gasteiger partial charge is 0.286 e. The molecular formula is C26H22N2O4. The summed E-state index contributed by atoms with van der Waals surface area (Å²) < 4.78 is 11.6. The lowest BCUT2D eigenvalue weighted by Crippen LogP contribution is -2.59. The minimum absolute atomic E-state index is 0.213. The second kappa shape index (κ2) is 7.66. The van der Waals surface area contributed by atoms with E-state index in [2.05, 4.69) is 6.58 Å². The SMILES string of the molecule is C=CCN1C(=O)[C@@]2(OCc3ccccc3N2C(=O)c2ccc(OC)cc2)c2ccccc21. The molecule has 2 aliphatic heterocycles. The van der Waals surface area contributed by atoms with Crippen LogP contribution in [0.15, 0.2) is 85.5 Å². The van der Waals surface area contributed by atoms with Crippen LogP contribution in [-0.2, 0) is 21.9 Å². The van der Waals surface area contributed by atoms with Gasteiger partial charge in [0.1, 0.15) is 5.75 Å². The van der Waals surface area contributed by atoms with Crippen LogP contribution in [-0.4, -0.2) is 25.5 Å². The largest absolute Gasteiger partial charge is 0.497 e. The van der Waals surface area contributed by atoms with E-state index in [1.165, 1.54) is 4.90 Å². The fourth-order valence-electron chi connectivity index (χ4n) is 4.45. The maximum Gasteiger partial charge on any atom is 0.286 e. The first-order chi connectivity index (χ1) is 15.6. The molecule has 3 aromatic carbocycles. The second-order valence-electron chi connectivity index (χ2n) is 7.65. The number of fused-ring (bicyclic) bond motifs is 3. The Morgan fingerprint density at radius 1 is 1.06 bits per heavy atom. The monoisotopic (exact) mass is 426 g/mol. The third-order valence-corrected chi connectivity index (χ3v) is 5.93. The van der Waals surface area contributed by atoms with Gasteiger partial charge in [-0.1, -0.05) is 42.5 Å². The highest BCUT2D eigenvalue weighted by Gasteiger charge is 2.60. The average molecular weight is 426 g/mol. The fraction of sp³-hybridized carbons (Fsp3) is 0.154. The Hall–Kier alpha value is -3.90. The van der Waals surface area contributed by atoms with Gasteiger partial charge in [-0.3, -0.25) is 14.5 Å². The number of benzene rings is 3. The lowest BCUT2D eigenvalue weighted by molar-refractivity contribution is -0.146. The standard InChI is InChI=1S/C26H22N2O4/c1-3-16-27-23-11-7-5-9-21(23)26(25(27)30)28(22-10-6-4-8-19(22)17-32-26)24(29)18-12-14-20(31-2)15-13-18/h3-15H,1,16-17H2,2H3/t26-/m0/s1. The van der Waals surface area contributed by atoms with E-state index in [9.17, 15) is 9.59 Å². The Balaban J connectivity index is 1.73. The summed E-state index contributed by atoms with van der Waals surface area (Å²) in [6.45, 7) is 4.32. The van der Waals surface area contributed by atoms with Gasteiger partial charge in [0, 0.05) is 23.2 Å². The van der Waals surface area contributed by atoms with Crippen LogP contribution in [0.25, 0.3) is 0 Å². The van der Waals surface area contributed by atoms with Crippen LogP contribution in [0, 0.1) is 0 Å². The molecule has 0 radical (unpaired) electrons. The lowest BCUT2D eigenvalue weighted by Gasteiger charge is -2.44. The van der Waals surface area contributed by atoms with Crippen molar-refractivity contribution >= 4 is 23.2 Å². The molecule has 1 spiro atoms. The average Bonchev–Trinajstić information content (AvgIpc) is 3.07. The van der Waals surface area contributed by atoms with Gasteiger partial charge in [0.15, 0.2) is 0 Å². The molecule has 0 saturated heterocycles. The molecular weight excluding hydrogens is 404 g/mol. The molecule has 0 saturated carbocycles. The number of carbonyl (C=O) groups excluding carboxylic acids is 2. The molecule has 5 rings (SSSR count). The molecule has 3 aromatic rings. The van der Waals surface area contributed by atoms with Crippen LogP contribution < -0.4 is 14.5 Å². The van der Waals surface area contributed by atoms with Crippen LogP contribution >= 0.6 is 0 Å². The quantitative estimate of drug-likeness (QED) is 0.585. The van der Waals surface area contributed by atoms with Crippen molar-refractivity contribution in [2.45, 2.75) is 12.3 Å². The predicted octanol–water partition coefficient (Wildman–Crippen LogP) is 4.26. The van der Waals surface area contributed by atoms with Gasteiger partial charge in [-0.05, 0) is 36.4 Å². The maximum absolute atomic E-state index is 14.0. The normalized spacial score (nSPS) is 19.0. The molecule has 2 aliphatic rings. The molecule has 0 bridgehead atoms. The molecule has 0 N–H and O–H groups in total. The zero-order chi connectivity index (χ0) is 22.3. The molecule has 0 aliphatic carbocycles. The van der Waals surface area contributed by atoms with E-state index < -0.39 is 5.72 Å². The summed E-state index contributed by atoms with van der Waals surface area (Å²) in [5.74, 6) is 0.00405. The number of amides is 2. The third-order valence-electron chi connectivity index (χ3n) is 5.93. The van der Waals surface area contributed by atoms with Gasteiger partial charge in [-0.25, -0.2) is 0 Å². The van der Waals surface area contributed by atoms with E-state index in [0.717, 1.165) is 5.56 Å². The molecule has 6 nitrogen and oxygen atoms in total. The molecule has 0 unspecified atom stereocenters. The summed E-state index contributed by atoms with van der Waals surface area (Å²) >= 11 is 0. The van der Waals surface area contributed by atoms with Crippen molar-refractivity contribution < 1.29 is 19.1 Å². The Labute approximate surface area is 186 Å².